The predicted molar refractivity (Wildman–Crippen MR) is 79.0 cm³/mol. The van der Waals surface area contributed by atoms with E-state index < -0.39 is 11.5 Å². The number of aromatic nitrogens is 3. The molecule has 1 aliphatic heterocycles. The first-order valence-electron chi connectivity index (χ1n) is 7.17. The number of hydrogen-bond acceptors (Lipinski definition) is 6. The Balaban J connectivity index is 1.98. The zero-order chi connectivity index (χ0) is 16.5. The summed E-state index contributed by atoms with van der Waals surface area (Å²) >= 11 is 0. The molecule has 0 radical (unpaired) electrons. The van der Waals surface area contributed by atoms with Gasteiger partial charge in [-0.3, -0.25) is 4.79 Å². The van der Waals surface area contributed by atoms with Gasteiger partial charge in [-0.1, -0.05) is 5.21 Å². The number of amides is 2. The van der Waals surface area contributed by atoms with Crippen molar-refractivity contribution in [1.82, 2.24) is 19.9 Å². The quantitative estimate of drug-likeness (QED) is 0.819. The molecule has 0 saturated carbocycles. The SMILES string of the molecule is CC(C)(C)OC(=O)N1CCC(n2nnc(C(N)=O)c2N)CC1. The fourth-order valence-electron chi connectivity index (χ4n) is 2.37. The van der Waals surface area contributed by atoms with Crippen LogP contribution in [-0.2, 0) is 4.74 Å². The monoisotopic (exact) mass is 310 g/mol. The number of carbonyl (C=O) groups excluding carboxylic acids is 2. The molecule has 2 amide bonds. The van der Waals surface area contributed by atoms with Crippen LogP contribution in [0, 0.1) is 0 Å². The van der Waals surface area contributed by atoms with E-state index >= 15 is 0 Å². The van der Waals surface area contributed by atoms with Crippen LogP contribution in [0.3, 0.4) is 0 Å². The van der Waals surface area contributed by atoms with Gasteiger partial charge >= 0.3 is 6.09 Å². The van der Waals surface area contributed by atoms with Crippen molar-refractivity contribution in [2.45, 2.75) is 45.3 Å². The maximum Gasteiger partial charge on any atom is 0.410 e. The minimum absolute atomic E-state index is 0.0145. The third-order valence-electron chi connectivity index (χ3n) is 3.43. The second kappa shape index (κ2) is 5.82. The van der Waals surface area contributed by atoms with E-state index in [1.165, 1.54) is 4.68 Å². The van der Waals surface area contributed by atoms with Crippen LogP contribution in [0.2, 0.25) is 0 Å². The van der Waals surface area contributed by atoms with Crippen LogP contribution in [0.15, 0.2) is 0 Å². The van der Waals surface area contributed by atoms with Crippen molar-refractivity contribution in [3.05, 3.63) is 5.69 Å². The third-order valence-corrected chi connectivity index (χ3v) is 3.43. The summed E-state index contributed by atoms with van der Waals surface area (Å²) in [4.78, 5) is 24.8. The number of nitrogens with zero attached hydrogens (tertiary/aromatic N) is 4. The molecule has 0 aromatic carbocycles. The molecule has 1 aromatic heterocycles. The van der Waals surface area contributed by atoms with Crippen LogP contribution < -0.4 is 11.5 Å². The average molecular weight is 310 g/mol. The molecule has 1 fully saturated rings. The Bertz CT molecular complexity index is 569. The van der Waals surface area contributed by atoms with Crippen LogP contribution in [0.5, 0.6) is 0 Å². The number of likely N-dealkylation sites (tertiary alicyclic amines) is 1. The van der Waals surface area contributed by atoms with Crippen molar-refractivity contribution in [2.75, 3.05) is 18.8 Å². The van der Waals surface area contributed by atoms with Gasteiger partial charge in [-0.05, 0) is 33.6 Å². The average Bonchev–Trinajstić information content (AvgIpc) is 2.79. The number of nitrogens with two attached hydrogens (primary N) is 2. The lowest BCUT2D eigenvalue weighted by Gasteiger charge is -2.33. The van der Waals surface area contributed by atoms with Gasteiger partial charge < -0.3 is 21.1 Å². The summed E-state index contributed by atoms with van der Waals surface area (Å²) in [5, 5.41) is 7.60. The van der Waals surface area contributed by atoms with Crippen LogP contribution in [-0.4, -0.2) is 50.6 Å². The zero-order valence-electron chi connectivity index (χ0n) is 13.1. The first kappa shape index (κ1) is 16.1. The van der Waals surface area contributed by atoms with Gasteiger partial charge in [0.1, 0.15) is 5.60 Å². The van der Waals surface area contributed by atoms with Crippen molar-refractivity contribution in [3.63, 3.8) is 0 Å². The second-order valence-electron chi connectivity index (χ2n) is 6.33. The van der Waals surface area contributed by atoms with Crippen LogP contribution in [0.25, 0.3) is 0 Å². The lowest BCUT2D eigenvalue weighted by atomic mass is 10.1. The van der Waals surface area contributed by atoms with Crippen LogP contribution in [0.4, 0.5) is 10.6 Å². The van der Waals surface area contributed by atoms with E-state index in [0.717, 1.165) is 0 Å². The summed E-state index contributed by atoms with van der Waals surface area (Å²) in [5.74, 6) is -0.529. The van der Waals surface area contributed by atoms with Gasteiger partial charge in [0.25, 0.3) is 5.91 Å². The fraction of sp³-hybridized carbons (Fsp3) is 0.692. The Morgan fingerprint density at radius 2 is 1.86 bits per heavy atom. The normalized spacial score (nSPS) is 16.6. The molecule has 0 spiro atoms. The highest BCUT2D eigenvalue weighted by atomic mass is 16.6. The molecule has 0 atom stereocenters. The highest BCUT2D eigenvalue weighted by Gasteiger charge is 2.29. The van der Waals surface area contributed by atoms with Crippen molar-refractivity contribution in [3.8, 4) is 0 Å². The molecule has 1 aliphatic rings. The predicted octanol–water partition coefficient (Wildman–Crippen LogP) is 0.531. The minimum Gasteiger partial charge on any atom is -0.444 e. The van der Waals surface area contributed by atoms with E-state index in [4.69, 9.17) is 16.2 Å². The fourth-order valence-corrected chi connectivity index (χ4v) is 2.37. The first-order valence-corrected chi connectivity index (χ1v) is 7.17. The Labute approximate surface area is 128 Å². The Morgan fingerprint density at radius 3 is 2.32 bits per heavy atom. The maximum absolute atomic E-state index is 12.0. The molecule has 1 saturated heterocycles. The van der Waals surface area contributed by atoms with Gasteiger partial charge in [0.05, 0.1) is 6.04 Å². The topological polar surface area (TPSA) is 129 Å². The third kappa shape index (κ3) is 3.46. The van der Waals surface area contributed by atoms with Crippen molar-refractivity contribution in [2.24, 2.45) is 5.73 Å². The Kier molecular flexibility index (Phi) is 4.25. The first-order chi connectivity index (χ1) is 10.2. The highest BCUT2D eigenvalue weighted by Crippen LogP contribution is 2.26. The van der Waals surface area contributed by atoms with Crippen molar-refractivity contribution in [1.29, 1.82) is 0 Å². The largest absolute Gasteiger partial charge is 0.444 e. The standard InChI is InChI=1S/C13H22N6O3/c1-13(2,3)22-12(21)18-6-4-8(5-7-18)19-10(14)9(11(15)20)16-17-19/h8H,4-7,14H2,1-3H3,(H2,15,20). The molecule has 2 rings (SSSR count). The summed E-state index contributed by atoms with van der Waals surface area (Å²) < 4.78 is 6.85. The number of primary amides is 1. The molecule has 9 nitrogen and oxygen atoms in total. The molecule has 0 bridgehead atoms. The van der Waals surface area contributed by atoms with Gasteiger partial charge in [0.2, 0.25) is 0 Å². The van der Waals surface area contributed by atoms with Gasteiger partial charge in [-0.2, -0.15) is 0 Å². The molecular formula is C13H22N6O3. The Morgan fingerprint density at radius 1 is 1.27 bits per heavy atom. The van der Waals surface area contributed by atoms with E-state index in [-0.39, 0.29) is 23.6 Å². The number of ether oxygens (including phenoxy) is 1. The molecule has 0 aliphatic carbocycles. The lowest BCUT2D eigenvalue weighted by molar-refractivity contribution is 0.0185. The summed E-state index contributed by atoms with van der Waals surface area (Å²) in [6.07, 6.45) is 0.992. The van der Waals surface area contributed by atoms with Gasteiger partial charge in [-0.15, -0.1) is 5.10 Å². The number of carbonyl (C=O) groups is 2. The Hall–Kier alpha value is -2.32. The molecule has 2 heterocycles. The van der Waals surface area contributed by atoms with E-state index in [0.29, 0.717) is 25.9 Å². The highest BCUT2D eigenvalue weighted by molar-refractivity contribution is 5.94. The number of hydrogen-bond donors (Lipinski definition) is 2. The molecule has 9 heteroatoms. The minimum atomic E-state index is -0.699. The summed E-state index contributed by atoms with van der Waals surface area (Å²) in [7, 11) is 0. The number of piperidine rings is 1. The smallest absolute Gasteiger partial charge is 0.410 e. The van der Waals surface area contributed by atoms with Crippen molar-refractivity contribution >= 4 is 17.8 Å². The molecule has 22 heavy (non-hydrogen) atoms. The van der Waals surface area contributed by atoms with E-state index in [1.54, 1.807) is 4.90 Å². The maximum atomic E-state index is 12.0. The van der Waals surface area contributed by atoms with E-state index in [9.17, 15) is 9.59 Å². The van der Waals surface area contributed by atoms with Crippen LogP contribution >= 0.6 is 0 Å². The van der Waals surface area contributed by atoms with E-state index in [1.807, 2.05) is 20.8 Å². The summed E-state index contributed by atoms with van der Waals surface area (Å²) in [6, 6.07) is -0.0145. The van der Waals surface area contributed by atoms with Gasteiger partial charge in [0, 0.05) is 13.1 Å². The number of rotatable bonds is 2. The second-order valence-corrected chi connectivity index (χ2v) is 6.33. The van der Waals surface area contributed by atoms with Crippen molar-refractivity contribution < 1.29 is 14.3 Å². The number of nitrogen functional groups attached to an aromatic ring is 1. The molecule has 1 aromatic rings. The lowest BCUT2D eigenvalue weighted by Crippen LogP contribution is -2.42. The summed E-state index contributed by atoms with van der Waals surface area (Å²) in [6.45, 7) is 6.56. The molecule has 4 N–H and O–H groups in total. The summed E-state index contributed by atoms with van der Waals surface area (Å²) in [5.41, 5.74) is 10.5. The van der Waals surface area contributed by atoms with Gasteiger partial charge in [0.15, 0.2) is 11.5 Å². The van der Waals surface area contributed by atoms with E-state index in [2.05, 4.69) is 10.3 Å². The molecule has 0 unspecified atom stereocenters. The zero-order valence-corrected chi connectivity index (χ0v) is 13.1. The van der Waals surface area contributed by atoms with Gasteiger partial charge in [-0.25, -0.2) is 9.48 Å². The van der Waals surface area contributed by atoms with Crippen LogP contribution in [0.1, 0.15) is 50.1 Å². The molecular weight excluding hydrogens is 288 g/mol. The molecule has 122 valence electrons. The number of anilines is 1.